The number of nitrogens with one attached hydrogen (secondary N) is 2. The van der Waals surface area contributed by atoms with Crippen LogP contribution in [-0.4, -0.2) is 26.2 Å². The van der Waals surface area contributed by atoms with E-state index in [-0.39, 0.29) is 17.1 Å². The van der Waals surface area contributed by atoms with Crippen molar-refractivity contribution in [3.05, 3.63) is 59.7 Å². The normalized spacial score (nSPS) is 24.9. The van der Waals surface area contributed by atoms with Crippen molar-refractivity contribution in [1.82, 2.24) is 5.32 Å². The predicted octanol–water partition coefficient (Wildman–Crippen LogP) is 6.35. The van der Waals surface area contributed by atoms with Crippen molar-refractivity contribution < 1.29 is 9.47 Å². The van der Waals surface area contributed by atoms with Crippen LogP contribution in [0.4, 0.5) is 5.69 Å². The molecule has 5 rings (SSSR count). The Morgan fingerprint density at radius 2 is 2.00 bits per heavy atom. The van der Waals surface area contributed by atoms with Gasteiger partial charge >= 0.3 is 0 Å². The zero-order valence-corrected chi connectivity index (χ0v) is 19.8. The summed E-state index contributed by atoms with van der Waals surface area (Å²) < 4.78 is 12.7. The lowest BCUT2D eigenvalue weighted by atomic mass is 9.67. The maximum absolute atomic E-state index is 6.95. The average molecular weight is 431 g/mol. The molecule has 0 radical (unpaired) electrons. The SMILES string of the molecule is CNCC1([C@@H]2Oc3cccc(OC)c3-c3ccc4c(c32)C(C)=CC(C)(C)N4)CC=CCC1. The van der Waals surface area contributed by atoms with Gasteiger partial charge in [-0.1, -0.05) is 30.4 Å². The van der Waals surface area contributed by atoms with E-state index in [9.17, 15) is 0 Å². The van der Waals surface area contributed by atoms with Crippen LogP contribution in [0.15, 0.2) is 48.6 Å². The van der Waals surface area contributed by atoms with Gasteiger partial charge in [0.2, 0.25) is 0 Å². The van der Waals surface area contributed by atoms with Gasteiger partial charge in [0.1, 0.15) is 17.6 Å². The molecule has 0 bridgehead atoms. The molecule has 2 aromatic carbocycles. The first-order chi connectivity index (χ1) is 15.4. The first-order valence-electron chi connectivity index (χ1n) is 11.7. The van der Waals surface area contributed by atoms with E-state index < -0.39 is 0 Å². The minimum Gasteiger partial charge on any atom is -0.496 e. The topological polar surface area (TPSA) is 42.5 Å². The molecule has 3 aliphatic rings. The molecule has 1 aliphatic carbocycles. The highest BCUT2D eigenvalue weighted by molar-refractivity contribution is 5.91. The van der Waals surface area contributed by atoms with E-state index in [4.69, 9.17) is 9.47 Å². The summed E-state index contributed by atoms with van der Waals surface area (Å²) >= 11 is 0. The van der Waals surface area contributed by atoms with Crippen LogP contribution in [0.2, 0.25) is 0 Å². The highest BCUT2D eigenvalue weighted by Crippen LogP contribution is 2.57. The molecule has 32 heavy (non-hydrogen) atoms. The van der Waals surface area contributed by atoms with Crippen LogP contribution in [-0.2, 0) is 0 Å². The number of fused-ring (bicyclic) bond motifs is 5. The Morgan fingerprint density at radius 1 is 1.16 bits per heavy atom. The predicted molar refractivity (Wildman–Crippen MR) is 133 cm³/mol. The third-order valence-electron chi connectivity index (χ3n) is 7.24. The second-order valence-corrected chi connectivity index (χ2v) is 10.1. The van der Waals surface area contributed by atoms with Crippen LogP contribution in [0.1, 0.15) is 57.3 Å². The highest BCUT2D eigenvalue weighted by atomic mass is 16.5. The number of rotatable bonds is 4. The number of anilines is 1. The van der Waals surface area contributed by atoms with Crippen LogP contribution in [0.25, 0.3) is 16.7 Å². The molecular weight excluding hydrogens is 396 g/mol. The van der Waals surface area contributed by atoms with Crippen molar-refractivity contribution in [3.63, 3.8) is 0 Å². The van der Waals surface area contributed by atoms with Crippen molar-refractivity contribution in [1.29, 1.82) is 0 Å². The summed E-state index contributed by atoms with van der Waals surface area (Å²) in [5.41, 5.74) is 7.27. The van der Waals surface area contributed by atoms with E-state index in [1.807, 2.05) is 12.1 Å². The molecule has 0 spiro atoms. The third-order valence-corrected chi connectivity index (χ3v) is 7.24. The van der Waals surface area contributed by atoms with Gasteiger partial charge in [-0.05, 0) is 76.4 Å². The van der Waals surface area contributed by atoms with Crippen molar-refractivity contribution in [2.75, 3.05) is 26.0 Å². The van der Waals surface area contributed by atoms with Gasteiger partial charge in [0.15, 0.2) is 0 Å². The van der Waals surface area contributed by atoms with Gasteiger partial charge in [0.05, 0.1) is 18.2 Å². The summed E-state index contributed by atoms with van der Waals surface area (Å²) in [7, 11) is 3.79. The molecule has 0 amide bonds. The Hall–Kier alpha value is -2.72. The van der Waals surface area contributed by atoms with Crippen LogP contribution in [0, 0.1) is 5.41 Å². The van der Waals surface area contributed by atoms with E-state index in [2.05, 4.69) is 74.9 Å². The number of benzene rings is 2. The van der Waals surface area contributed by atoms with E-state index in [1.165, 1.54) is 28.0 Å². The molecule has 168 valence electrons. The number of allylic oxidation sites excluding steroid dienone is 3. The van der Waals surface area contributed by atoms with E-state index in [0.717, 1.165) is 42.9 Å². The Bertz CT molecular complexity index is 1110. The smallest absolute Gasteiger partial charge is 0.132 e. The molecule has 0 saturated carbocycles. The Labute approximate surface area is 191 Å². The Kier molecular flexibility index (Phi) is 5.09. The van der Waals surface area contributed by atoms with Gasteiger partial charge in [-0.15, -0.1) is 0 Å². The lowest BCUT2D eigenvalue weighted by Gasteiger charge is -2.46. The first-order valence-corrected chi connectivity index (χ1v) is 11.7. The van der Waals surface area contributed by atoms with Crippen molar-refractivity contribution >= 4 is 11.3 Å². The summed E-state index contributed by atoms with van der Waals surface area (Å²) in [6.07, 6.45) is 10.1. The summed E-state index contributed by atoms with van der Waals surface area (Å²) in [5, 5.41) is 7.23. The lowest BCUT2D eigenvalue weighted by molar-refractivity contribution is 0.0347. The van der Waals surface area contributed by atoms with Gasteiger partial charge in [-0.25, -0.2) is 0 Å². The zero-order chi connectivity index (χ0) is 22.5. The van der Waals surface area contributed by atoms with Gasteiger partial charge in [-0.3, -0.25) is 0 Å². The first kappa shape index (κ1) is 21.1. The highest BCUT2D eigenvalue weighted by Gasteiger charge is 2.46. The Morgan fingerprint density at radius 3 is 2.72 bits per heavy atom. The van der Waals surface area contributed by atoms with Crippen molar-refractivity contribution in [3.8, 4) is 22.6 Å². The molecule has 0 fully saturated rings. The summed E-state index contributed by atoms with van der Waals surface area (Å²) in [5.74, 6) is 1.77. The van der Waals surface area contributed by atoms with E-state index >= 15 is 0 Å². The second kappa shape index (κ2) is 7.70. The number of hydrogen-bond acceptors (Lipinski definition) is 4. The fourth-order valence-corrected chi connectivity index (χ4v) is 6.05. The molecule has 1 unspecified atom stereocenters. The second-order valence-electron chi connectivity index (χ2n) is 10.1. The van der Waals surface area contributed by atoms with Crippen molar-refractivity contribution in [2.24, 2.45) is 5.41 Å². The van der Waals surface area contributed by atoms with E-state index in [0.29, 0.717) is 0 Å². The van der Waals surface area contributed by atoms with Crippen LogP contribution >= 0.6 is 0 Å². The van der Waals surface area contributed by atoms with Gasteiger partial charge in [0, 0.05) is 28.8 Å². The third kappa shape index (κ3) is 3.24. The maximum Gasteiger partial charge on any atom is 0.132 e. The van der Waals surface area contributed by atoms with Crippen LogP contribution < -0.4 is 20.1 Å². The lowest BCUT2D eigenvalue weighted by Crippen LogP contribution is -2.43. The number of ether oxygens (including phenoxy) is 2. The molecule has 0 saturated heterocycles. The molecule has 2 heterocycles. The quantitative estimate of drug-likeness (QED) is 0.555. The van der Waals surface area contributed by atoms with Gasteiger partial charge in [0.25, 0.3) is 0 Å². The minimum absolute atomic E-state index is 0.0125. The molecule has 0 aromatic heterocycles. The monoisotopic (exact) mass is 430 g/mol. The largest absolute Gasteiger partial charge is 0.496 e. The van der Waals surface area contributed by atoms with Crippen molar-refractivity contribution in [2.45, 2.75) is 51.7 Å². The fourth-order valence-electron chi connectivity index (χ4n) is 6.05. The molecule has 2 N–H and O–H groups in total. The van der Waals surface area contributed by atoms with E-state index in [1.54, 1.807) is 7.11 Å². The minimum atomic E-state index is -0.0812. The Balaban J connectivity index is 1.81. The average Bonchev–Trinajstić information content (AvgIpc) is 2.77. The van der Waals surface area contributed by atoms with Gasteiger partial charge < -0.3 is 20.1 Å². The molecule has 2 atom stereocenters. The summed E-state index contributed by atoms with van der Waals surface area (Å²) in [6.45, 7) is 7.59. The zero-order valence-electron chi connectivity index (χ0n) is 19.8. The maximum atomic E-state index is 6.95. The fraction of sp³-hybridized carbons (Fsp3) is 0.429. The number of hydrogen-bond donors (Lipinski definition) is 2. The van der Waals surface area contributed by atoms with Crippen LogP contribution in [0.3, 0.4) is 0 Å². The molecule has 4 nitrogen and oxygen atoms in total. The standard InChI is InChI=1S/C28H34N2O2/c1-18-16-27(2,3)30-20-13-12-19-24-21(31-5)10-9-11-22(24)32-26(25(19)23(18)20)28(17-29-4)14-7-6-8-15-28/h6-7,9-13,16,26,29-30H,8,14-15,17H2,1-5H3/t26-,28?/m1/s1. The summed E-state index contributed by atoms with van der Waals surface area (Å²) in [4.78, 5) is 0. The summed E-state index contributed by atoms with van der Waals surface area (Å²) in [6, 6.07) is 10.6. The molecule has 2 aliphatic heterocycles. The molecular formula is C28H34N2O2. The van der Waals surface area contributed by atoms with Crippen LogP contribution in [0.5, 0.6) is 11.5 Å². The number of methoxy groups -OCH3 is 1. The van der Waals surface area contributed by atoms with Gasteiger partial charge in [-0.2, -0.15) is 0 Å². The molecule has 4 heteroatoms. The molecule has 2 aromatic rings.